The predicted molar refractivity (Wildman–Crippen MR) is 63.1 cm³/mol. The molecule has 6 nitrogen and oxygen atoms in total. The minimum absolute atomic E-state index is 0.0493. The van der Waals surface area contributed by atoms with Gasteiger partial charge in [0.15, 0.2) is 0 Å². The van der Waals surface area contributed by atoms with Gasteiger partial charge in [0.05, 0.1) is 12.7 Å². The van der Waals surface area contributed by atoms with Crippen LogP contribution in [0, 0.1) is 11.3 Å². The van der Waals surface area contributed by atoms with Gasteiger partial charge in [-0.1, -0.05) is 0 Å². The van der Waals surface area contributed by atoms with E-state index in [2.05, 4.69) is 11.0 Å². The predicted octanol–water partition coefficient (Wildman–Crippen LogP) is -0.982. The summed E-state index contributed by atoms with van der Waals surface area (Å²) in [5, 5.41) is 8.50. The molecule has 0 aromatic rings. The molecule has 1 aliphatic heterocycles. The van der Waals surface area contributed by atoms with E-state index < -0.39 is 6.04 Å². The normalized spacial score (nSPS) is 18.8. The van der Waals surface area contributed by atoms with Gasteiger partial charge in [0.2, 0.25) is 5.91 Å². The fourth-order valence-corrected chi connectivity index (χ4v) is 1.89. The van der Waals surface area contributed by atoms with Crippen LogP contribution in [0.3, 0.4) is 0 Å². The van der Waals surface area contributed by atoms with E-state index in [1.807, 2.05) is 0 Å². The van der Waals surface area contributed by atoms with Gasteiger partial charge >= 0.3 is 0 Å². The fraction of sp³-hybridized carbons (Fsp3) is 0.818. The third-order valence-corrected chi connectivity index (χ3v) is 2.89. The largest absolute Gasteiger partial charge is 0.383 e. The molecule has 1 heterocycles. The maximum atomic E-state index is 11.9. The highest BCUT2D eigenvalue weighted by molar-refractivity contribution is 5.81. The Morgan fingerprint density at radius 1 is 1.47 bits per heavy atom. The van der Waals surface area contributed by atoms with Crippen LogP contribution in [0.15, 0.2) is 0 Å². The van der Waals surface area contributed by atoms with Crippen LogP contribution in [-0.2, 0) is 9.53 Å². The lowest BCUT2D eigenvalue weighted by molar-refractivity contribution is -0.135. The molecule has 17 heavy (non-hydrogen) atoms. The molecule has 0 aromatic carbocycles. The van der Waals surface area contributed by atoms with Crippen molar-refractivity contribution < 1.29 is 9.53 Å². The minimum Gasteiger partial charge on any atom is -0.383 e. The van der Waals surface area contributed by atoms with E-state index in [0.29, 0.717) is 19.5 Å². The lowest BCUT2D eigenvalue weighted by atomic mass is 10.2. The molecular weight excluding hydrogens is 220 g/mol. The van der Waals surface area contributed by atoms with E-state index >= 15 is 0 Å². The van der Waals surface area contributed by atoms with Crippen LogP contribution in [0.4, 0.5) is 0 Å². The molecule has 0 spiro atoms. The van der Waals surface area contributed by atoms with Gasteiger partial charge in [-0.05, 0) is 0 Å². The van der Waals surface area contributed by atoms with Crippen molar-refractivity contribution in [2.45, 2.75) is 12.5 Å². The summed E-state index contributed by atoms with van der Waals surface area (Å²) >= 11 is 0. The third kappa shape index (κ3) is 4.30. The molecule has 0 radical (unpaired) electrons. The number of carbonyl (C=O) groups excluding carboxylic acids is 1. The van der Waals surface area contributed by atoms with Gasteiger partial charge in [0.1, 0.15) is 6.04 Å². The Morgan fingerprint density at radius 3 is 2.65 bits per heavy atom. The molecule has 2 N–H and O–H groups in total. The zero-order chi connectivity index (χ0) is 12.7. The van der Waals surface area contributed by atoms with E-state index in [9.17, 15) is 4.79 Å². The number of rotatable bonds is 5. The Balaban J connectivity index is 2.31. The zero-order valence-electron chi connectivity index (χ0n) is 10.3. The van der Waals surface area contributed by atoms with Crippen LogP contribution < -0.4 is 5.73 Å². The Morgan fingerprint density at radius 2 is 2.12 bits per heavy atom. The van der Waals surface area contributed by atoms with Crippen molar-refractivity contribution in [2.75, 3.05) is 46.4 Å². The maximum Gasteiger partial charge on any atom is 0.241 e. The first-order chi connectivity index (χ1) is 8.19. The summed E-state index contributed by atoms with van der Waals surface area (Å²) in [6.45, 7) is 4.03. The summed E-state index contributed by atoms with van der Waals surface area (Å²) in [6.07, 6.45) is 0.539. The summed E-state index contributed by atoms with van der Waals surface area (Å²) in [5.74, 6) is -0.0493. The first kappa shape index (κ1) is 13.9. The highest BCUT2D eigenvalue weighted by Crippen LogP contribution is 2.04. The summed E-state index contributed by atoms with van der Waals surface area (Å²) in [4.78, 5) is 15.8. The van der Waals surface area contributed by atoms with Gasteiger partial charge in [-0.15, -0.1) is 0 Å². The number of carbonyl (C=O) groups is 1. The topological polar surface area (TPSA) is 82.6 Å². The van der Waals surface area contributed by atoms with E-state index in [1.165, 1.54) is 7.11 Å². The summed E-state index contributed by atoms with van der Waals surface area (Å²) in [6, 6.07) is 1.56. The smallest absolute Gasteiger partial charge is 0.241 e. The van der Waals surface area contributed by atoms with Crippen LogP contribution in [0.1, 0.15) is 6.42 Å². The molecular formula is C11H20N4O2. The van der Waals surface area contributed by atoms with Crippen LogP contribution in [0.2, 0.25) is 0 Å². The van der Waals surface area contributed by atoms with Crippen LogP contribution in [-0.4, -0.2) is 68.2 Å². The van der Waals surface area contributed by atoms with Crippen LogP contribution in [0.25, 0.3) is 0 Å². The molecule has 1 saturated heterocycles. The molecule has 1 amide bonds. The molecule has 1 fully saturated rings. The second-order valence-corrected chi connectivity index (χ2v) is 4.14. The highest BCUT2D eigenvalue weighted by Gasteiger charge is 2.24. The second kappa shape index (κ2) is 7.22. The average molecular weight is 240 g/mol. The zero-order valence-corrected chi connectivity index (χ0v) is 10.3. The van der Waals surface area contributed by atoms with Crippen molar-refractivity contribution in [1.82, 2.24) is 9.80 Å². The molecule has 0 saturated carbocycles. The SMILES string of the molecule is COCC(N)C(=O)N1CCN(CCC#N)CC1. The van der Waals surface area contributed by atoms with Crippen LogP contribution >= 0.6 is 0 Å². The molecule has 1 rings (SSSR count). The average Bonchev–Trinajstić information content (AvgIpc) is 2.36. The molecule has 1 aliphatic rings. The number of nitrogens with two attached hydrogens (primary N) is 1. The Kier molecular flexibility index (Phi) is 5.91. The van der Waals surface area contributed by atoms with E-state index in [0.717, 1.165) is 19.6 Å². The van der Waals surface area contributed by atoms with Crippen molar-refractivity contribution in [2.24, 2.45) is 5.73 Å². The van der Waals surface area contributed by atoms with Crippen molar-refractivity contribution >= 4 is 5.91 Å². The maximum absolute atomic E-state index is 11.9. The Bertz CT molecular complexity index is 282. The lowest BCUT2D eigenvalue weighted by Gasteiger charge is -2.35. The molecule has 6 heteroatoms. The summed E-state index contributed by atoms with van der Waals surface area (Å²) < 4.78 is 4.87. The van der Waals surface area contributed by atoms with Gasteiger partial charge < -0.3 is 15.4 Å². The monoisotopic (exact) mass is 240 g/mol. The Labute approximate surface area is 102 Å². The number of nitriles is 1. The fourth-order valence-electron chi connectivity index (χ4n) is 1.89. The number of amides is 1. The quantitative estimate of drug-likeness (QED) is 0.667. The van der Waals surface area contributed by atoms with Gasteiger partial charge in [-0.3, -0.25) is 9.69 Å². The lowest BCUT2D eigenvalue weighted by Crippen LogP contribution is -2.54. The van der Waals surface area contributed by atoms with Gasteiger partial charge in [-0.25, -0.2) is 0 Å². The van der Waals surface area contributed by atoms with Crippen LogP contribution in [0.5, 0.6) is 0 Å². The summed E-state index contributed by atoms with van der Waals surface area (Å²) in [7, 11) is 1.53. The minimum atomic E-state index is -0.564. The number of nitrogens with zero attached hydrogens (tertiary/aromatic N) is 3. The van der Waals surface area contributed by atoms with E-state index in [4.69, 9.17) is 15.7 Å². The van der Waals surface area contributed by atoms with Gasteiger partial charge in [-0.2, -0.15) is 5.26 Å². The van der Waals surface area contributed by atoms with E-state index in [-0.39, 0.29) is 12.5 Å². The van der Waals surface area contributed by atoms with Crippen molar-refractivity contribution in [3.05, 3.63) is 0 Å². The molecule has 0 bridgehead atoms. The molecule has 0 aromatic heterocycles. The highest BCUT2D eigenvalue weighted by atomic mass is 16.5. The molecule has 96 valence electrons. The number of ether oxygens (including phenoxy) is 1. The van der Waals surface area contributed by atoms with E-state index in [1.54, 1.807) is 4.90 Å². The third-order valence-electron chi connectivity index (χ3n) is 2.89. The number of hydrogen-bond acceptors (Lipinski definition) is 5. The van der Waals surface area contributed by atoms with Gasteiger partial charge in [0.25, 0.3) is 0 Å². The number of methoxy groups -OCH3 is 1. The standard InChI is InChI=1S/C11H20N4O2/c1-17-9-10(13)11(16)15-7-5-14(6-8-15)4-2-3-12/h10H,2,4-9,13H2,1H3. The second-order valence-electron chi connectivity index (χ2n) is 4.14. The summed E-state index contributed by atoms with van der Waals surface area (Å²) in [5.41, 5.74) is 5.70. The Hall–Kier alpha value is -1.16. The number of piperazine rings is 1. The number of hydrogen-bond donors (Lipinski definition) is 1. The van der Waals surface area contributed by atoms with Crippen molar-refractivity contribution in [3.8, 4) is 6.07 Å². The first-order valence-electron chi connectivity index (χ1n) is 5.81. The van der Waals surface area contributed by atoms with Gasteiger partial charge in [0, 0.05) is 46.3 Å². The van der Waals surface area contributed by atoms with Crippen molar-refractivity contribution in [3.63, 3.8) is 0 Å². The molecule has 1 unspecified atom stereocenters. The molecule has 1 atom stereocenters. The molecule has 0 aliphatic carbocycles. The first-order valence-corrected chi connectivity index (χ1v) is 5.81. The van der Waals surface area contributed by atoms with Crippen molar-refractivity contribution in [1.29, 1.82) is 5.26 Å².